The van der Waals surface area contributed by atoms with E-state index in [1.54, 1.807) is 13.8 Å². The zero-order valence-electron chi connectivity index (χ0n) is 10.6. The molecular formula is C12H15BrN2O4. The average molecular weight is 331 g/mol. The highest BCUT2D eigenvalue weighted by Gasteiger charge is 2.19. The number of non-ortho nitro benzene ring substituents is 1. The number of carbonyl (C=O) groups is 1. The van der Waals surface area contributed by atoms with Crippen LogP contribution in [0.1, 0.15) is 24.2 Å². The molecule has 7 heteroatoms. The molecule has 19 heavy (non-hydrogen) atoms. The summed E-state index contributed by atoms with van der Waals surface area (Å²) in [7, 11) is 0. The van der Waals surface area contributed by atoms with Crippen molar-refractivity contribution in [3.63, 3.8) is 0 Å². The number of hydrogen-bond acceptors (Lipinski definition) is 4. The van der Waals surface area contributed by atoms with Crippen LogP contribution in [-0.2, 0) is 0 Å². The molecule has 0 spiro atoms. The summed E-state index contributed by atoms with van der Waals surface area (Å²) in [5, 5.41) is 22.4. The van der Waals surface area contributed by atoms with E-state index < -0.39 is 10.8 Å². The summed E-state index contributed by atoms with van der Waals surface area (Å²) in [6.07, 6.45) is 0. The molecule has 0 saturated carbocycles. The van der Waals surface area contributed by atoms with Gasteiger partial charge in [0.25, 0.3) is 11.6 Å². The number of aliphatic hydroxyl groups is 1. The highest BCUT2D eigenvalue weighted by Crippen LogP contribution is 2.22. The second-order valence-electron chi connectivity index (χ2n) is 4.34. The van der Waals surface area contributed by atoms with Crippen molar-refractivity contribution in [2.75, 3.05) is 6.61 Å². The SMILES string of the molecule is CC(CO)C(C)NC(=O)c1cc([N+](=O)[O-])ccc1Br. The van der Waals surface area contributed by atoms with E-state index >= 15 is 0 Å². The van der Waals surface area contributed by atoms with Crippen LogP contribution in [0.25, 0.3) is 0 Å². The normalized spacial score (nSPS) is 13.7. The van der Waals surface area contributed by atoms with Crippen molar-refractivity contribution < 1.29 is 14.8 Å². The van der Waals surface area contributed by atoms with Crippen molar-refractivity contribution in [3.8, 4) is 0 Å². The van der Waals surface area contributed by atoms with Gasteiger partial charge in [0.1, 0.15) is 0 Å². The summed E-state index contributed by atoms with van der Waals surface area (Å²) < 4.78 is 0.486. The zero-order valence-corrected chi connectivity index (χ0v) is 12.2. The third-order valence-corrected chi connectivity index (χ3v) is 3.60. The van der Waals surface area contributed by atoms with Crippen LogP contribution in [-0.4, -0.2) is 28.6 Å². The molecule has 0 aliphatic carbocycles. The lowest BCUT2D eigenvalue weighted by Crippen LogP contribution is -2.38. The summed E-state index contributed by atoms with van der Waals surface area (Å²) in [5.41, 5.74) is 0.0578. The minimum Gasteiger partial charge on any atom is -0.396 e. The topological polar surface area (TPSA) is 92.5 Å². The van der Waals surface area contributed by atoms with Crippen LogP contribution < -0.4 is 5.32 Å². The van der Waals surface area contributed by atoms with E-state index in [2.05, 4.69) is 21.2 Å². The first-order valence-electron chi connectivity index (χ1n) is 5.72. The maximum atomic E-state index is 12.0. The van der Waals surface area contributed by atoms with Gasteiger partial charge in [-0.25, -0.2) is 0 Å². The van der Waals surface area contributed by atoms with Crippen molar-refractivity contribution in [2.45, 2.75) is 19.9 Å². The lowest BCUT2D eigenvalue weighted by Gasteiger charge is -2.19. The lowest BCUT2D eigenvalue weighted by molar-refractivity contribution is -0.384. The maximum Gasteiger partial charge on any atom is 0.270 e. The minimum absolute atomic E-state index is 0.0441. The third kappa shape index (κ3) is 4.00. The fourth-order valence-electron chi connectivity index (χ4n) is 1.39. The number of nitrogens with one attached hydrogen (secondary N) is 1. The van der Waals surface area contributed by atoms with Crippen LogP contribution in [0.15, 0.2) is 22.7 Å². The van der Waals surface area contributed by atoms with E-state index in [0.717, 1.165) is 0 Å². The Balaban J connectivity index is 2.93. The molecule has 1 aromatic rings. The molecule has 2 atom stereocenters. The third-order valence-electron chi connectivity index (χ3n) is 2.91. The molecule has 0 saturated heterocycles. The predicted octanol–water partition coefficient (Wildman–Crippen LogP) is 2.10. The summed E-state index contributed by atoms with van der Waals surface area (Å²) >= 11 is 3.19. The second kappa shape index (κ2) is 6.63. The van der Waals surface area contributed by atoms with Crippen molar-refractivity contribution in [1.29, 1.82) is 0 Å². The Bertz CT molecular complexity index is 493. The first kappa shape index (κ1) is 15.6. The summed E-state index contributed by atoms with van der Waals surface area (Å²) in [6.45, 7) is 3.52. The van der Waals surface area contributed by atoms with E-state index in [9.17, 15) is 14.9 Å². The number of carbonyl (C=O) groups excluding carboxylic acids is 1. The number of rotatable bonds is 5. The van der Waals surface area contributed by atoms with Crippen LogP contribution in [0, 0.1) is 16.0 Å². The maximum absolute atomic E-state index is 12.0. The second-order valence-corrected chi connectivity index (χ2v) is 5.20. The number of halogens is 1. The molecule has 0 bridgehead atoms. The Labute approximate surface area is 119 Å². The first-order valence-corrected chi connectivity index (χ1v) is 6.51. The average Bonchev–Trinajstić information content (AvgIpc) is 2.37. The fourth-order valence-corrected chi connectivity index (χ4v) is 1.81. The molecule has 6 nitrogen and oxygen atoms in total. The summed E-state index contributed by atoms with van der Waals surface area (Å²) in [4.78, 5) is 22.2. The van der Waals surface area contributed by atoms with Gasteiger partial charge in [0.15, 0.2) is 0 Å². The first-order chi connectivity index (χ1) is 8.86. The van der Waals surface area contributed by atoms with Crippen molar-refractivity contribution in [2.24, 2.45) is 5.92 Å². The van der Waals surface area contributed by atoms with Gasteiger partial charge in [0.05, 0.1) is 10.5 Å². The standard InChI is InChI=1S/C12H15BrN2O4/c1-7(6-16)8(2)14-12(17)10-5-9(15(18)19)3-4-11(10)13/h3-5,7-8,16H,6H2,1-2H3,(H,14,17). The molecule has 2 N–H and O–H groups in total. The largest absolute Gasteiger partial charge is 0.396 e. The Morgan fingerprint density at radius 3 is 2.68 bits per heavy atom. The number of aliphatic hydroxyl groups excluding tert-OH is 1. The van der Waals surface area contributed by atoms with Crippen molar-refractivity contribution in [1.82, 2.24) is 5.32 Å². The molecular weight excluding hydrogens is 316 g/mol. The van der Waals surface area contributed by atoms with Crippen LogP contribution in [0.3, 0.4) is 0 Å². The molecule has 1 amide bonds. The van der Waals surface area contributed by atoms with Gasteiger partial charge in [-0.1, -0.05) is 6.92 Å². The number of hydrogen-bond donors (Lipinski definition) is 2. The van der Waals surface area contributed by atoms with Gasteiger partial charge in [-0.15, -0.1) is 0 Å². The van der Waals surface area contributed by atoms with Crippen LogP contribution >= 0.6 is 15.9 Å². The molecule has 0 radical (unpaired) electrons. The van der Waals surface area contributed by atoms with Crippen LogP contribution in [0.5, 0.6) is 0 Å². The highest BCUT2D eigenvalue weighted by molar-refractivity contribution is 9.10. The summed E-state index contributed by atoms with van der Waals surface area (Å²) in [6, 6.07) is 3.77. The van der Waals surface area contributed by atoms with Gasteiger partial charge in [-0.3, -0.25) is 14.9 Å². The zero-order chi connectivity index (χ0) is 14.6. The number of nitro benzene ring substituents is 1. The van der Waals surface area contributed by atoms with Crippen LogP contribution in [0.2, 0.25) is 0 Å². The summed E-state index contributed by atoms with van der Waals surface area (Å²) in [5.74, 6) is -0.509. The fraction of sp³-hybridized carbons (Fsp3) is 0.417. The van der Waals surface area contributed by atoms with E-state index in [1.807, 2.05) is 0 Å². The van der Waals surface area contributed by atoms with Gasteiger partial charge < -0.3 is 10.4 Å². The number of nitro groups is 1. The molecule has 0 aromatic heterocycles. The van der Waals surface area contributed by atoms with Crippen molar-refractivity contribution >= 4 is 27.5 Å². The van der Waals surface area contributed by atoms with E-state index in [1.165, 1.54) is 18.2 Å². The Kier molecular flexibility index (Phi) is 5.44. The lowest BCUT2D eigenvalue weighted by atomic mass is 10.0. The van der Waals surface area contributed by atoms with Gasteiger partial charge in [-0.2, -0.15) is 0 Å². The van der Waals surface area contributed by atoms with Gasteiger partial charge in [-0.05, 0) is 34.8 Å². The molecule has 104 valence electrons. The Morgan fingerprint density at radius 1 is 1.53 bits per heavy atom. The molecule has 0 fully saturated rings. The monoisotopic (exact) mass is 330 g/mol. The molecule has 0 heterocycles. The number of amides is 1. The van der Waals surface area contributed by atoms with Crippen molar-refractivity contribution in [3.05, 3.63) is 38.3 Å². The predicted molar refractivity (Wildman–Crippen MR) is 74.0 cm³/mol. The quantitative estimate of drug-likeness (QED) is 0.638. The van der Waals surface area contributed by atoms with Gasteiger partial charge in [0, 0.05) is 29.3 Å². The van der Waals surface area contributed by atoms with Gasteiger partial charge in [0.2, 0.25) is 0 Å². The molecule has 0 aliphatic heterocycles. The number of nitrogens with zero attached hydrogens (tertiary/aromatic N) is 1. The Hall–Kier alpha value is -1.47. The van der Waals surface area contributed by atoms with E-state index in [4.69, 9.17) is 5.11 Å². The molecule has 0 aliphatic rings. The van der Waals surface area contributed by atoms with E-state index in [0.29, 0.717) is 4.47 Å². The molecule has 1 aromatic carbocycles. The van der Waals surface area contributed by atoms with E-state index in [-0.39, 0.29) is 29.8 Å². The Morgan fingerprint density at radius 2 is 2.16 bits per heavy atom. The van der Waals surface area contributed by atoms with Crippen LogP contribution in [0.4, 0.5) is 5.69 Å². The van der Waals surface area contributed by atoms with Gasteiger partial charge >= 0.3 is 0 Å². The highest BCUT2D eigenvalue weighted by atomic mass is 79.9. The molecule has 2 unspecified atom stereocenters. The minimum atomic E-state index is -0.553. The number of benzene rings is 1. The molecule has 1 rings (SSSR count). The smallest absolute Gasteiger partial charge is 0.270 e.